The Kier molecular flexibility index (Phi) is 5.25. The minimum Gasteiger partial charge on any atom is -0.369 e. The summed E-state index contributed by atoms with van der Waals surface area (Å²) in [6.07, 6.45) is 5.51. The lowest BCUT2D eigenvalue weighted by atomic mass is 9.90. The standard InChI is InChI=1S/C19H31N3OS/c1-20-9-11-21(12-10-20)14-17-4-2-6-19(23-17)7-8-22(16-19)15-18-5-3-13-24-18/h3,5,13,17H,2,4,6-12,14-16H2,1H3/t17-,19-/m0/s1. The molecule has 4 nitrogen and oxygen atoms in total. The van der Waals surface area contributed by atoms with E-state index in [9.17, 15) is 0 Å². The largest absolute Gasteiger partial charge is 0.369 e. The summed E-state index contributed by atoms with van der Waals surface area (Å²) in [6, 6.07) is 4.42. The Morgan fingerprint density at radius 3 is 2.83 bits per heavy atom. The van der Waals surface area contributed by atoms with Gasteiger partial charge in [-0.2, -0.15) is 0 Å². The molecule has 3 saturated heterocycles. The number of likely N-dealkylation sites (N-methyl/N-ethyl adjacent to an activating group) is 1. The zero-order valence-electron chi connectivity index (χ0n) is 15.0. The second kappa shape index (κ2) is 7.42. The lowest BCUT2D eigenvalue weighted by Gasteiger charge is -2.42. The van der Waals surface area contributed by atoms with Crippen molar-refractivity contribution in [2.75, 3.05) is 52.9 Å². The van der Waals surface area contributed by atoms with Gasteiger partial charge in [-0.25, -0.2) is 0 Å². The molecule has 3 aliphatic heterocycles. The van der Waals surface area contributed by atoms with Crippen molar-refractivity contribution in [1.29, 1.82) is 0 Å². The van der Waals surface area contributed by atoms with Crippen molar-refractivity contribution >= 4 is 11.3 Å². The molecule has 0 unspecified atom stereocenters. The molecule has 0 aliphatic carbocycles. The first-order valence-electron chi connectivity index (χ1n) is 9.54. The number of ether oxygens (including phenoxy) is 1. The van der Waals surface area contributed by atoms with E-state index in [4.69, 9.17) is 4.74 Å². The van der Waals surface area contributed by atoms with Crippen LogP contribution in [0.15, 0.2) is 17.5 Å². The molecule has 2 atom stereocenters. The van der Waals surface area contributed by atoms with Gasteiger partial charge in [0, 0.05) is 57.2 Å². The van der Waals surface area contributed by atoms with Crippen LogP contribution in [0.25, 0.3) is 0 Å². The monoisotopic (exact) mass is 349 g/mol. The van der Waals surface area contributed by atoms with E-state index in [2.05, 4.69) is 39.3 Å². The summed E-state index contributed by atoms with van der Waals surface area (Å²) in [5.41, 5.74) is 0.146. The lowest BCUT2D eigenvalue weighted by molar-refractivity contribution is -0.130. The topological polar surface area (TPSA) is 19.0 Å². The van der Waals surface area contributed by atoms with Gasteiger partial charge >= 0.3 is 0 Å². The average molecular weight is 350 g/mol. The Balaban J connectivity index is 1.30. The molecule has 24 heavy (non-hydrogen) atoms. The Bertz CT molecular complexity index is 515. The molecule has 3 aliphatic rings. The van der Waals surface area contributed by atoms with Gasteiger partial charge in [0.1, 0.15) is 0 Å². The Morgan fingerprint density at radius 2 is 2.04 bits per heavy atom. The third-order valence-electron chi connectivity index (χ3n) is 5.99. The van der Waals surface area contributed by atoms with Crippen LogP contribution >= 0.6 is 11.3 Å². The number of likely N-dealkylation sites (tertiary alicyclic amines) is 1. The smallest absolute Gasteiger partial charge is 0.0825 e. The van der Waals surface area contributed by atoms with Crippen molar-refractivity contribution < 1.29 is 4.74 Å². The highest BCUT2D eigenvalue weighted by Gasteiger charge is 2.43. The van der Waals surface area contributed by atoms with Gasteiger partial charge in [-0.3, -0.25) is 9.80 Å². The highest BCUT2D eigenvalue weighted by atomic mass is 32.1. The van der Waals surface area contributed by atoms with Crippen molar-refractivity contribution in [3.05, 3.63) is 22.4 Å². The summed E-state index contributed by atoms with van der Waals surface area (Å²) in [4.78, 5) is 9.13. The van der Waals surface area contributed by atoms with Crippen molar-refractivity contribution in [3.63, 3.8) is 0 Å². The molecule has 0 aromatic carbocycles. The van der Waals surface area contributed by atoms with E-state index in [0.29, 0.717) is 6.10 Å². The molecule has 0 saturated carbocycles. The van der Waals surface area contributed by atoms with Crippen molar-refractivity contribution in [1.82, 2.24) is 14.7 Å². The lowest BCUT2D eigenvalue weighted by Crippen LogP contribution is -2.51. The van der Waals surface area contributed by atoms with E-state index in [1.807, 2.05) is 11.3 Å². The van der Waals surface area contributed by atoms with Gasteiger partial charge in [0.2, 0.25) is 0 Å². The molecule has 4 rings (SSSR count). The number of nitrogens with zero attached hydrogens (tertiary/aromatic N) is 3. The van der Waals surface area contributed by atoms with E-state index >= 15 is 0 Å². The fraction of sp³-hybridized carbons (Fsp3) is 0.789. The third-order valence-corrected chi connectivity index (χ3v) is 6.85. The van der Waals surface area contributed by atoms with Crippen LogP contribution < -0.4 is 0 Å². The van der Waals surface area contributed by atoms with Crippen LogP contribution in [0.5, 0.6) is 0 Å². The van der Waals surface area contributed by atoms with Crippen LogP contribution in [-0.2, 0) is 11.3 Å². The van der Waals surface area contributed by atoms with E-state index in [1.165, 1.54) is 63.3 Å². The minimum atomic E-state index is 0.146. The van der Waals surface area contributed by atoms with Gasteiger partial charge < -0.3 is 9.64 Å². The SMILES string of the molecule is CN1CCN(C[C@@H]2CCC[C@@]3(CCN(Cc4cccs4)C3)O2)CC1. The molecule has 1 aromatic heterocycles. The summed E-state index contributed by atoms with van der Waals surface area (Å²) >= 11 is 1.88. The third kappa shape index (κ3) is 4.02. The maximum absolute atomic E-state index is 6.72. The number of hydrogen-bond donors (Lipinski definition) is 0. The van der Waals surface area contributed by atoms with E-state index < -0.39 is 0 Å². The quantitative estimate of drug-likeness (QED) is 0.831. The normalized spacial score (nSPS) is 33.5. The van der Waals surface area contributed by atoms with Gasteiger partial charge in [0.05, 0.1) is 11.7 Å². The summed E-state index contributed by atoms with van der Waals surface area (Å²) in [6.45, 7) is 9.37. The first-order valence-corrected chi connectivity index (χ1v) is 10.4. The van der Waals surface area contributed by atoms with Gasteiger partial charge in [-0.1, -0.05) is 6.07 Å². The molecule has 1 aromatic rings. The van der Waals surface area contributed by atoms with Gasteiger partial charge in [0.25, 0.3) is 0 Å². The van der Waals surface area contributed by atoms with Crippen molar-refractivity contribution in [2.24, 2.45) is 0 Å². The average Bonchev–Trinajstić information content (AvgIpc) is 3.21. The summed E-state index contributed by atoms with van der Waals surface area (Å²) in [5, 5.41) is 2.18. The van der Waals surface area contributed by atoms with Gasteiger partial charge in [0.15, 0.2) is 0 Å². The summed E-state index contributed by atoms with van der Waals surface area (Å²) in [7, 11) is 2.23. The molecular formula is C19H31N3OS. The van der Waals surface area contributed by atoms with E-state index in [0.717, 1.165) is 19.6 Å². The number of piperazine rings is 1. The molecule has 0 radical (unpaired) electrons. The zero-order valence-corrected chi connectivity index (χ0v) is 15.8. The molecule has 134 valence electrons. The van der Waals surface area contributed by atoms with Gasteiger partial charge in [-0.05, 0) is 44.2 Å². The van der Waals surface area contributed by atoms with E-state index in [1.54, 1.807) is 0 Å². The molecule has 0 N–H and O–H groups in total. The molecule has 0 bridgehead atoms. The van der Waals surface area contributed by atoms with E-state index in [-0.39, 0.29) is 5.60 Å². The summed E-state index contributed by atoms with van der Waals surface area (Å²) < 4.78 is 6.72. The Hall–Kier alpha value is -0.460. The van der Waals surface area contributed by atoms with Crippen LogP contribution in [-0.4, -0.2) is 79.3 Å². The van der Waals surface area contributed by atoms with Gasteiger partial charge in [-0.15, -0.1) is 11.3 Å². The molecule has 4 heterocycles. The number of hydrogen-bond acceptors (Lipinski definition) is 5. The highest BCUT2D eigenvalue weighted by Crippen LogP contribution is 2.37. The van der Waals surface area contributed by atoms with Crippen LogP contribution in [0.1, 0.15) is 30.6 Å². The van der Waals surface area contributed by atoms with Crippen molar-refractivity contribution in [2.45, 2.75) is 43.9 Å². The van der Waals surface area contributed by atoms with Crippen LogP contribution in [0, 0.1) is 0 Å². The first-order chi connectivity index (χ1) is 11.7. The molecule has 5 heteroatoms. The molecule has 3 fully saturated rings. The Morgan fingerprint density at radius 1 is 1.17 bits per heavy atom. The number of rotatable bonds is 4. The predicted octanol–water partition coefficient (Wildman–Crippen LogP) is 2.51. The fourth-order valence-corrected chi connectivity index (χ4v) is 5.30. The minimum absolute atomic E-state index is 0.146. The maximum atomic E-state index is 6.72. The second-order valence-electron chi connectivity index (χ2n) is 7.96. The molecule has 1 spiro atoms. The second-order valence-corrected chi connectivity index (χ2v) is 8.99. The number of thiophene rings is 1. The van der Waals surface area contributed by atoms with Crippen LogP contribution in [0.4, 0.5) is 0 Å². The van der Waals surface area contributed by atoms with Crippen LogP contribution in [0.2, 0.25) is 0 Å². The highest BCUT2D eigenvalue weighted by molar-refractivity contribution is 7.09. The first kappa shape index (κ1) is 17.0. The fourth-order valence-electron chi connectivity index (χ4n) is 4.56. The maximum Gasteiger partial charge on any atom is 0.0825 e. The molecule has 0 amide bonds. The predicted molar refractivity (Wildman–Crippen MR) is 99.6 cm³/mol. The molecular weight excluding hydrogens is 318 g/mol. The van der Waals surface area contributed by atoms with Crippen LogP contribution in [0.3, 0.4) is 0 Å². The summed E-state index contributed by atoms with van der Waals surface area (Å²) in [5.74, 6) is 0. The zero-order chi connectivity index (χ0) is 16.4. The van der Waals surface area contributed by atoms with Crippen molar-refractivity contribution in [3.8, 4) is 0 Å². The Labute approximate surface area is 150 Å².